The van der Waals surface area contributed by atoms with E-state index in [-0.39, 0.29) is 6.54 Å². The monoisotopic (exact) mass is 279 g/mol. The van der Waals surface area contributed by atoms with E-state index in [0.29, 0.717) is 6.54 Å². The molecule has 0 saturated carbocycles. The first kappa shape index (κ1) is 12.5. The van der Waals surface area contributed by atoms with Crippen molar-refractivity contribution in [3.05, 3.63) is 34.3 Å². The third kappa shape index (κ3) is 4.24. The van der Waals surface area contributed by atoms with Crippen molar-refractivity contribution in [1.29, 1.82) is 0 Å². The number of benzene rings is 1. The molecule has 0 aliphatic rings. The topological polar surface area (TPSA) is 32.3 Å². The van der Waals surface area contributed by atoms with Crippen LogP contribution in [0, 0.1) is 0 Å². The van der Waals surface area contributed by atoms with Crippen molar-refractivity contribution in [3.8, 4) is 0 Å². The molecular weight excluding hydrogens is 268 g/mol. The Kier molecular flexibility index (Phi) is 5.14. The molecule has 0 aliphatic heterocycles. The lowest BCUT2D eigenvalue weighted by molar-refractivity contribution is -0.00341. The summed E-state index contributed by atoms with van der Waals surface area (Å²) in [5.41, 5.74) is 0.971. The van der Waals surface area contributed by atoms with Crippen LogP contribution in [0.2, 0.25) is 0 Å². The summed E-state index contributed by atoms with van der Waals surface area (Å²) in [5.74, 6) is 0. The Bertz CT molecular complexity index is 309. The number of aliphatic hydroxyl groups is 1. The Hall–Kier alpha value is -0.520. The number of alkyl halides is 2. The van der Waals surface area contributed by atoms with E-state index in [0.717, 1.165) is 10.0 Å². The van der Waals surface area contributed by atoms with Crippen LogP contribution in [0.4, 0.5) is 8.78 Å². The molecule has 1 aromatic carbocycles. The predicted molar refractivity (Wildman–Crippen MR) is 57.9 cm³/mol. The molecule has 0 heterocycles. The fourth-order valence-corrected chi connectivity index (χ4v) is 1.51. The molecular formula is C10H12BrF2NO. The molecule has 1 atom stereocenters. The molecule has 0 fully saturated rings. The van der Waals surface area contributed by atoms with Crippen LogP contribution in [0.25, 0.3) is 0 Å². The Labute approximate surface area is 95.4 Å². The summed E-state index contributed by atoms with van der Waals surface area (Å²) >= 11 is 3.34. The Morgan fingerprint density at radius 2 is 2.00 bits per heavy atom. The van der Waals surface area contributed by atoms with Gasteiger partial charge in [-0.3, -0.25) is 0 Å². The highest BCUT2D eigenvalue weighted by molar-refractivity contribution is 9.10. The summed E-state index contributed by atoms with van der Waals surface area (Å²) in [6.07, 6.45) is -4.30. The molecule has 0 radical (unpaired) electrons. The van der Waals surface area contributed by atoms with Gasteiger partial charge in [-0.1, -0.05) is 34.1 Å². The van der Waals surface area contributed by atoms with E-state index in [2.05, 4.69) is 21.2 Å². The molecule has 5 heteroatoms. The maximum Gasteiger partial charge on any atom is 0.265 e. The molecule has 2 N–H and O–H groups in total. The Morgan fingerprint density at radius 1 is 1.33 bits per heavy atom. The predicted octanol–water partition coefficient (Wildman–Crippen LogP) is 2.16. The van der Waals surface area contributed by atoms with Gasteiger partial charge < -0.3 is 10.4 Å². The summed E-state index contributed by atoms with van der Waals surface area (Å²) in [6.45, 7) is 0.338. The third-order valence-electron chi connectivity index (χ3n) is 1.92. The molecule has 1 rings (SSSR count). The van der Waals surface area contributed by atoms with Crippen molar-refractivity contribution in [2.75, 3.05) is 6.54 Å². The molecule has 0 saturated heterocycles. The molecule has 1 aromatic rings. The highest BCUT2D eigenvalue weighted by atomic mass is 79.9. The van der Waals surface area contributed by atoms with Gasteiger partial charge in [0.05, 0.1) is 0 Å². The van der Waals surface area contributed by atoms with Gasteiger partial charge in [-0.15, -0.1) is 0 Å². The molecule has 0 aliphatic carbocycles. The van der Waals surface area contributed by atoms with E-state index >= 15 is 0 Å². The van der Waals surface area contributed by atoms with Crippen molar-refractivity contribution in [3.63, 3.8) is 0 Å². The molecule has 84 valence electrons. The number of hydrogen-bond donors (Lipinski definition) is 2. The molecule has 1 unspecified atom stereocenters. The van der Waals surface area contributed by atoms with Gasteiger partial charge in [-0.25, -0.2) is 8.78 Å². The van der Waals surface area contributed by atoms with Gasteiger partial charge in [0.2, 0.25) is 0 Å². The van der Waals surface area contributed by atoms with E-state index in [4.69, 9.17) is 5.11 Å². The third-order valence-corrected chi connectivity index (χ3v) is 2.69. The Balaban J connectivity index is 2.35. The van der Waals surface area contributed by atoms with Crippen molar-refractivity contribution in [1.82, 2.24) is 5.32 Å². The van der Waals surface area contributed by atoms with Gasteiger partial charge in [0.1, 0.15) is 6.10 Å². The fourth-order valence-electron chi connectivity index (χ4n) is 1.09. The van der Waals surface area contributed by atoms with Crippen LogP contribution >= 0.6 is 15.9 Å². The summed E-state index contributed by atoms with van der Waals surface area (Å²) in [6, 6.07) is 7.50. The van der Waals surface area contributed by atoms with Crippen LogP contribution in [0.5, 0.6) is 0 Å². The first-order valence-corrected chi connectivity index (χ1v) is 5.31. The number of halogens is 3. The van der Waals surface area contributed by atoms with Crippen LogP contribution in [0.15, 0.2) is 28.7 Å². The molecule has 0 spiro atoms. The number of hydrogen-bond acceptors (Lipinski definition) is 2. The second kappa shape index (κ2) is 6.15. The van der Waals surface area contributed by atoms with Crippen LogP contribution < -0.4 is 5.32 Å². The van der Waals surface area contributed by atoms with Gasteiger partial charge in [0.25, 0.3) is 6.43 Å². The Morgan fingerprint density at radius 3 is 2.60 bits per heavy atom. The van der Waals surface area contributed by atoms with E-state index in [1.54, 1.807) is 0 Å². The normalized spacial score (nSPS) is 13.1. The molecule has 0 aromatic heterocycles. The second-order valence-electron chi connectivity index (χ2n) is 3.12. The lowest BCUT2D eigenvalue weighted by Gasteiger charge is -2.11. The van der Waals surface area contributed by atoms with Gasteiger partial charge in [0, 0.05) is 17.6 Å². The van der Waals surface area contributed by atoms with Crippen LogP contribution in [0.1, 0.15) is 5.56 Å². The zero-order valence-corrected chi connectivity index (χ0v) is 9.55. The SMILES string of the molecule is OC(CNCc1ccccc1Br)C(F)F. The zero-order chi connectivity index (χ0) is 11.3. The molecule has 0 bridgehead atoms. The van der Waals surface area contributed by atoms with Gasteiger partial charge in [-0.05, 0) is 11.6 Å². The standard InChI is InChI=1S/C10H12BrF2NO/c11-8-4-2-1-3-7(8)5-14-6-9(15)10(12)13/h1-4,9-10,14-15H,5-6H2. The van der Waals surface area contributed by atoms with Crippen LogP contribution in [-0.2, 0) is 6.54 Å². The summed E-state index contributed by atoms with van der Waals surface area (Å²) in [7, 11) is 0. The number of nitrogens with one attached hydrogen (secondary N) is 1. The first-order chi connectivity index (χ1) is 7.11. The minimum absolute atomic E-state index is 0.112. The molecule has 0 amide bonds. The highest BCUT2D eigenvalue weighted by Crippen LogP contribution is 2.15. The van der Waals surface area contributed by atoms with Crippen LogP contribution in [0.3, 0.4) is 0 Å². The largest absolute Gasteiger partial charge is 0.386 e. The average Bonchev–Trinajstić information content (AvgIpc) is 2.20. The van der Waals surface area contributed by atoms with E-state index in [1.165, 1.54) is 0 Å². The summed E-state index contributed by atoms with van der Waals surface area (Å²) in [4.78, 5) is 0. The van der Waals surface area contributed by atoms with E-state index < -0.39 is 12.5 Å². The van der Waals surface area contributed by atoms with Crippen LogP contribution in [-0.4, -0.2) is 24.2 Å². The van der Waals surface area contributed by atoms with Gasteiger partial charge in [-0.2, -0.15) is 0 Å². The summed E-state index contributed by atoms with van der Waals surface area (Å²) in [5, 5.41) is 11.6. The maximum absolute atomic E-state index is 11.9. The van der Waals surface area contributed by atoms with Crippen molar-refractivity contribution in [2.45, 2.75) is 19.1 Å². The number of aliphatic hydroxyl groups excluding tert-OH is 1. The molecule has 15 heavy (non-hydrogen) atoms. The second-order valence-corrected chi connectivity index (χ2v) is 3.98. The number of rotatable bonds is 5. The lowest BCUT2D eigenvalue weighted by Crippen LogP contribution is -2.31. The van der Waals surface area contributed by atoms with E-state index in [9.17, 15) is 8.78 Å². The van der Waals surface area contributed by atoms with Crippen molar-refractivity contribution < 1.29 is 13.9 Å². The smallest absolute Gasteiger partial charge is 0.265 e. The molecule has 2 nitrogen and oxygen atoms in total. The zero-order valence-electron chi connectivity index (χ0n) is 7.96. The lowest BCUT2D eigenvalue weighted by atomic mass is 10.2. The minimum atomic E-state index is -2.70. The van der Waals surface area contributed by atoms with Gasteiger partial charge >= 0.3 is 0 Å². The van der Waals surface area contributed by atoms with Crippen molar-refractivity contribution >= 4 is 15.9 Å². The average molecular weight is 280 g/mol. The minimum Gasteiger partial charge on any atom is -0.386 e. The quantitative estimate of drug-likeness (QED) is 0.866. The van der Waals surface area contributed by atoms with E-state index in [1.807, 2.05) is 24.3 Å². The van der Waals surface area contributed by atoms with Gasteiger partial charge in [0.15, 0.2) is 0 Å². The maximum atomic E-state index is 11.9. The fraction of sp³-hybridized carbons (Fsp3) is 0.400. The van der Waals surface area contributed by atoms with Crippen molar-refractivity contribution in [2.24, 2.45) is 0 Å². The first-order valence-electron chi connectivity index (χ1n) is 4.51. The highest BCUT2D eigenvalue weighted by Gasteiger charge is 2.15. The summed E-state index contributed by atoms with van der Waals surface area (Å²) < 4.78 is 24.8.